The number of carbonyl (C=O) groups excluding carboxylic acids is 5. The molecule has 11 N–H and O–H groups in total. The summed E-state index contributed by atoms with van der Waals surface area (Å²) in [5.74, 6) is -5.93. The molecule has 0 aromatic heterocycles. The van der Waals surface area contributed by atoms with Gasteiger partial charge >= 0.3 is 5.97 Å². The number of carboxylic acid groups (broad SMARTS) is 1. The van der Waals surface area contributed by atoms with Crippen LogP contribution >= 0.6 is 0 Å². The van der Waals surface area contributed by atoms with Crippen molar-refractivity contribution < 1.29 is 39.0 Å². The Morgan fingerprint density at radius 2 is 1.35 bits per heavy atom. The molecule has 1 aromatic rings. The average molecular weight is 480 g/mol. The molecule has 5 amide bonds. The second-order valence-electron chi connectivity index (χ2n) is 7.51. The van der Waals surface area contributed by atoms with Gasteiger partial charge in [-0.1, -0.05) is 12.1 Å². The number of nitrogens with one attached hydrogen (secondary N) is 3. The van der Waals surface area contributed by atoms with E-state index in [1.54, 1.807) is 0 Å². The van der Waals surface area contributed by atoms with E-state index in [9.17, 15) is 39.0 Å². The Kier molecular flexibility index (Phi) is 10.4. The topological polar surface area (TPSA) is 257 Å². The average Bonchev–Trinajstić information content (AvgIpc) is 2.73. The second kappa shape index (κ2) is 12.7. The normalized spacial score (nSPS) is 14.1. The monoisotopic (exact) mass is 480 g/mol. The Hall–Kier alpha value is -4.20. The molecule has 14 nitrogen and oxygen atoms in total. The molecule has 0 bridgehead atoms. The molecule has 1 aromatic carbocycles. The van der Waals surface area contributed by atoms with Crippen LogP contribution in [-0.2, 0) is 35.2 Å². The lowest BCUT2D eigenvalue weighted by molar-refractivity contribution is -0.142. The Bertz CT molecular complexity index is 935. The van der Waals surface area contributed by atoms with E-state index in [4.69, 9.17) is 17.2 Å². The summed E-state index contributed by atoms with van der Waals surface area (Å²) in [6.07, 6.45) is -1.25. The molecular formula is C20H28N6O8. The van der Waals surface area contributed by atoms with Crippen LogP contribution < -0.4 is 33.2 Å². The van der Waals surface area contributed by atoms with Crippen LogP contribution in [0.25, 0.3) is 0 Å². The highest BCUT2D eigenvalue weighted by Gasteiger charge is 2.30. The minimum Gasteiger partial charge on any atom is -0.508 e. The standard InChI is InChI=1S/C20H28N6O8/c1-9(24-18(31)12(21)7-15(22)28)17(30)25-13(8-16(23)29)19(32)26-14(20(33)34)6-10-2-4-11(27)5-3-10/h2-5,9,12-14,27H,6-8,21H2,1H3,(H2,22,28)(H2,23,29)(H,24,31)(H,25,30)(H,26,32)(H,33,34). The lowest BCUT2D eigenvalue weighted by Crippen LogP contribution is -2.57. The predicted octanol–water partition coefficient (Wildman–Crippen LogP) is -3.43. The van der Waals surface area contributed by atoms with Gasteiger partial charge < -0.3 is 43.4 Å². The molecule has 0 heterocycles. The number of amides is 5. The number of aliphatic carboxylic acids is 1. The van der Waals surface area contributed by atoms with Crippen molar-refractivity contribution in [2.75, 3.05) is 0 Å². The van der Waals surface area contributed by atoms with Crippen molar-refractivity contribution in [2.24, 2.45) is 17.2 Å². The third-order valence-electron chi connectivity index (χ3n) is 4.54. The lowest BCUT2D eigenvalue weighted by atomic mass is 10.0. The molecule has 0 saturated heterocycles. The minimum absolute atomic E-state index is 0.0271. The zero-order valence-corrected chi connectivity index (χ0v) is 18.3. The summed E-state index contributed by atoms with van der Waals surface area (Å²) in [4.78, 5) is 70.9. The first kappa shape index (κ1) is 27.8. The maximum absolute atomic E-state index is 12.7. The number of aromatic hydroxyl groups is 1. The van der Waals surface area contributed by atoms with E-state index in [0.717, 1.165) is 0 Å². The molecule has 1 rings (SSSR count). The van der Waals surface area contributed by atoms with Crippen molar-refractivity contribution in [3.63, 3.8) is 0 Å². The number of carbonyl (C=O) groups is 6. The highest BCUT2D eigenvalue weighted by Crippen LogP contribution is 2.11. The van der Waals surface area contributed by atoms with Gasteiger partial charge in [0.25, 0.3) is 0 Å². The van der Waals surface area contributed by atoms with Gasteiger partial charge in [0.2, 0.25) is 29.5 Å². The molecule has 186 valence electrons. The first-order chi connectivity index (χ1) is 15.8. The van der Waals surface area contributed by atoms with Crippen molar-refractivity contribution in [1.82, 2.24) is 16.0 Å². The number of hydrogen-bond acceptors (Lipinski definition) is 8. The molecule has 4 unspecified atom stereocenters. The summed E-state index contributed by atoms with van der Waals surface area (Å²) in [5.41, 5.74) is 16.1. The van der Waals surface area contributed by atoms with Gasteiger partial charge in [-0.15, -0.1) is 0 Å². The SMILES string of the molecule is CC(NC(=O)C(N)CC(N)=O)C(=O)NC(CC(N)=O)C(=O)NC(Cc1ccc(O)cc1)C(=O)O. The molecule has 0 aliphatic heterocycles. The van der Waals surface area contributed by atoms with Crippen LogP contribution in [0.15, 0.2) is 24.3 Å². The Labute approximate surface area is 194 Å². The third-order valence-corrected chi connectivity index (χ3v) is 4.54. The van der Waals surface area contributed by atoms with Crippen molar-refractivity contribution >= 4 is 35.5 Å². The van der Waals surface area contributed by atoms with Gasteiger partial charge in [-0.25, -0.2) is 4.79 Å². The fourth-order valence-electron chi connectivity index (χ4n) is 2.74. The van der Waals surface area contributed by atoms with Gasteiger partial charge in [0.1, 0.15) is 23.9 Å². The van der Waals surface area contributed by atoms with E-state index in [2.05, 4.69) is 16.0 Å². The zero-order chi connectivity index (χ0) is 26.0. The van der Waals surface area contributed by atoms with Gasteiger partial charge in [-0.3, -0.25) is 24.0 Å². The van der Waals surface area contributed by atoms with Gasteiger partial charge in [-0.05, 0) is 24.6 Å². The highest BCUT2D eigenvalue weighted by atomic mass is 16.4. The van der Waals surface area contributed by atoms with Crippen molar-refractivity contribution in [3.8, 4) is 5.75 Å². The second-order valence-corrected chi connectivity index (χ2v) is 7.51. The molecule has 0 radical (unpaired) electrons. The van der Waals surface area contributed by atoms with Gasteiger partial charge in [0, 0.05) is 6.42 Å². The smallest absolute Gasteiger partial charge is 0.326 e. The lowest BCUT2D eigenvalue weighted by Gasteiger charge is -2.23. The maximum Gasteiger partial charge on any atom is 0.326 e. The molecular weight excluding hydrogens is 452 g/mol. The Balaban J connectivity index is 2.86. The number of benzene rings is 1. The fraction of sp³-hybridized carbons (Fsp3) is 0.400. The molecule has 34 heavy (non-hydrogen) atoms. The maximum atomic E-state index is 12.7. The zero-order valence-electron chi connectivity index (χ0n) is 18.3. The molecule has 0 aliphatic rings. The number of nitrogens with two attached hydrogens (primary N) is 3. The molecule has 0 aliphatic carbocycles. The van der Waals surface area contributed by atoms with Crippen molar-refractivity contribution in [2.45, 2.75) is 50.4 Å². The first-order valence-corrected chi connectivity index (χ1v) is 10.0. The number of phenols is 1. The molecule has 0 saturated carbocycles. The summed E-state index contributed by atoms with van der Waals surface area (Å²) >= 11 is 0. The van der Waals surface area contributed by atoms with E-state index < -0.39 is 72.5 Å². The van der Waals surface area contributed by atoms with E-state index in [0.29, 0.717) is 5.56 Å². The highest BCUT2D eigenvalue weighted by molar-refractivity contribution is 5.96. The van der Waals surface area contributed by atoms with Gasteiger partial charge in [0.15, 0.2) is 0 Å². The third kappa shape index (κ3) is 9.52. The summed E-state index contributed by atoms with van der Waals surface area (Å²) in [6.45, 7) is 1.26. The largest absolute Gasteiger partial charge is 0.508 e. The summed E-state index contributed by atoms with van der Waals surface area (Å²) in [5, 5.41) is 25.5. The molecule has 4 atom stereocenters. The van der Waals surface area contributed by atoms with Crippen LogP contribution in [0.3, 0.4) is 0 Å². The quantitative estimate of drug-likeness (QED) is 0.139. The van der Waals surface area contributed by atoms with E-state index in [1.807, 2.05) is 0 Å². The molecule has 0 fully saturated rings. The number of primary amides is 2. The number of hydrogen-bond donors (Lipinski definition) is 8. The number of phenolic OH excluding ortho intramolecular Hbond substituents is 1. The summed E-state index contributed by atoms with van der Waals surface area (Å²) in [6, 6.07) is 0.129. The van der Waals surface area contributed by atoms with Crippen molar-refractivity contribution in [1.29, 1.82) is 0 Å². The Morgan fingerprint density at radius 1 is 0.824 bits per heavy atom. The van der Waals surface area contributed by atoms with Crippen LogP contribution in [0.2, 0.25) is 0 Å². The summed E-state index contributed by atoms with van der Waals surface area (Å²) < 4.78 is 0. The fourth-order valence-corrected chi connectivity index (χ4v) is 2.74. The molecule has 14 heteroatoms. The number of carboxylic acids is 1. The van der Waals surface area contributed by atoms with E-state index in [-0.39, 0.29) is 12.2 Å². The molecule has 0 spiro atoms. The number of rotatable bonds is 13. The van der Waals surface area contributed by atoms with Crippen LogP contribution in [0.1, 0.15) is 25.3 Å². The summed E-state index contributed by atoms with van der Waals surface area (Å²) in [7, 11) is 0. The minimum atomic E-state index is -1.54. The van der Waals surface area contributed by atoms with Crippen LogP contribution in [-0.4, -0.2) is 69.9 Å². The van der Waals surface area contributed by atoms with Gasteiger partial charge in [0.05, 0.1) is 18.9 Å². The first-order valence-electron chi connectivity index (χ1n) is 10.0. The van der Waals surface area contributed by atoms with Crippen LogP contribution in [0, 0.1) is 0 Å². The van der Waals surface area contributed by atoms with E-state index in [1.165, 1.54) is 31.2 Å². The van der Waals surface area contributed by atoms with Crippen molar-refractivity contribution in [3.05, 3.63) is 29.8 Å². The van der Waals surface area contributed by atoms with Gasteiger partial charge in [-0.2, -0.15) is 0 Å². The van der Waals surface area contributed by atoms with Crippen LogP contribution in [0.4, 0.5) is 0 Å². The van der Waals surface area contributed by atoms with Crippen LogP contribution in [0.5, 0.6) is 5.75 Å². The Morgan fingerprint density at radius 3 is 1.85 bits per heavy atom. The van der Waals surface area contributed by atoms with E-state index >= 15 is 0 Å². The predicted molar refractivity (Wildman–Crippen MR) is 117 cm³/mol.